The second-order valence-electron chi connectivity index (χ2n) is 4.40. The number of benzene rings is 1. The van der Waals surface area contributed by atoms with Crippen LogP contribution < -0.4 is 5.32 Å². The van der Waals surface area contributed by atoms with E-state index in [2.05, 4.69) is 34.1 Å². The number of thiazole rings is 1. The highest BCUT2D eigenvalue weighted by atomic mass is 32.1. The molecule has 0 atom stereocenters. The first-order valence-electron chi connectivity index (χ1n) is 6.58. The molecule has 0 saturated heterocycles. The molecular formula is C15H18N2O2S. The summed E-state index contributed by atoms with van der Waals surface area (Å²) in [5.74, 6) is -0.205. The molecule has 0 radical (unpaired) electrons. The molecule has 0 bridgehead atoms. The SMILES string of the molecule is CCc1cccc(Nc2nc(CCC(=O)OC)cs2)c1. The van der Waals surface area contributed by atoms with Gasteiger partial charge in [-0.25, -0.2) is 4.98 Å². The zero-order valence-electron chi connectivity index (χ0n) is 11.7. The Balaban J connectivity index is 1.96. The number of nitrogens with zero attached hydrogens (tertiary/aromatic N) is 1. The molecule has 0 saturated carbocycles. The fourth-order valence-corrected chi connectivity index (χ4v) is 2.57. The van der Waals surface area contributed by atoms with E-state index in [-0.39, 0.29) is 5.97 Å². The van der Waals surface area contributed by atoms with Crippen LogP contribution in [0.1, 0.15) is 24.6 Å². The first kappa shape index (κ1) is 14.5. The van der Waals surface area contributed by atoms with E-state index in [0.717, 1.165) is 22.9 Å². The van der Waals surface area contributed by atoms with Crippen molar-refractivity contribution in [2.24, 2.45) is 0 Å². The summed E-state index contributed by atoms with van der Waals surface area (Å²) in [6.45, 7) is 2.13. The molecule has 1 aromatic carbocycles. The number of aromatic nitrogens is 1. The smallest absolute Gasteiger partial charge is 0.305 e. The van der Waals surface area contributed by atoms with E-state index >= 15 is 0 Å². The second kappa shape index (κ2) is 7.05. The van der Waals surface area contributed by atoms with Crippen LogP contribution in [-0.4, -0.2) is 18.1 Å². The Hall–Kier alpha value is -1.88. The molecule has 2 aromatic rings. The summed E-state index contributed by atoms with van der Waals surface area (Å²) in [4.78, 5) is 15.6. The van der Waals surface area contributed by atoms with Crippen molar-refractivity contribution in [2.45, 2.75) is 26.2 Å². The molecule has 1 aromatic heterocycles. The lowest BCUT2D eigenvalue weighted by molar-refractivity contribution is -0.140. The average Bonchev–Trinajstić information content (AvgIpc) is 2.92. The van der Waals surface area contributed by atoms with Gasteiger partial charge in [-0.2, -0.15) is 0 Å². The molecule has 0 aliphatic carbocycles. The van der Waals surface area contributed by atoms with Gasteiger partial charge in [0.2, 0.25) is 0 Å². The van der Waals surface area contributed by atoms with Crippen LogP contribution in [0.15, 0.2) is 29.6 Å². The number of carbonyl (C=O) groups excluding carboxylic acids is 1. The Morgan fingerprint density at radius 2 is 2.30 bits per heavy atom. The third-order valence-corrected chi connectivity index (χ3v) is 3.76. The van der Waals surface area contributed by atoms with Crippen molar-refractivity contribution in [3.63, 3.8) is 0 Å². The van der Waals surface area contributed by atoms with Gasteiger partial charge in [0, 0.05) is 17.5 Å². The van der Waals surface area contributed by atoms with Crippen LogP contribution in [0.3, 0.4) is 0 Å². The predicted molar refractivity (Wildman–Crippen MR) is 81.6 cm³/mol. The maximum atomic E-state index is 11.1. The van der Waals surface area contributed by atoms with E-state index in [1.807, 2.05) is 17.5 Å². The standard InChI is InChI=1S/C15H18N2O2S/c1-3-11-5-4-6-12(9-11)16-15-17-13(10-20-15)7-8-14(18)19-2/h4-6,9-10H,3,7-8H2,1-2H3,(H,16,17). The minimum atomic E-state index is -0.205. The third-order valence-electron chi connectivity index (χ3n) is 2.95. The van der Waals surface area contributed by atoms with Gasteiger partial charge in [-0.3, -0.25) is 4.79 Å². The predicted octanol–water partition coefficient (Wildman–Crippen LogP) is 3.55. The maximum Gasteiger partial charge on any atom is 0.305 e. The van der Waals surface area contributed by atoms with Crippen molar-refractivity contribution < 1.29 is 9.53 Å². The van der Waals surface area contributed by atoms with Crippen molar-refractivity contribution in [1.82, 2.24) is 4.98 Å². The maximum absolute atomic E-state index is 11.1. The summed E-state index contributed by atoms with van der Waals surface area (Å²) < 4.78 is 4.62. The van der Waals surface area contributed by atoms with Crippen LogP contribution in [0.5, 0.6) is 0 Å². The van der Waals surface area contributed by atoms with Crippen molar-refractivity contribution in [3.05, 3.63) is 40.9 Å². The number of hydrogen-bond donors (Lipinski definition) is 1. The monoisotopic (exact) mass is 290 g/mol. The number of rotatable bonds is 6. The number of esters is 1. The molecule has 0 fully saturated rings. The average molecular weight is 290 g/mol. The summed E-state index contributed by atoms with van der Waals surface area (Å²) in [6.07, 6.45) is 1.99. The van der Waals surface area contributed by atoms with Crippen LogP contribution in [0.25, 0.3) is 0 Å². The van der Waals surface area contributed by atoms with Crippen molar-refractivity contribution in [3.8, 4) is 0 Å². The highest BCUT2D eigenvalue weighted by molar-refractivity contribution is 7.13. The normalized spacial score (nSPS) is 10.3. The van der Waals surface area contributed by atoms with Gasteiger partial charge < -0.3 is 10.1 Å². The fraction of sp³-hybridized carbons (Fsp3) is 0.333. The Bertz CT molecular complexity index is 581. The van der Waals surface area contributed by atoms with Gasteiger partial charge in [0.1, 0.15) is 0 Å². The summed E-state index contributed by atoms with van der Waals surface area (Å²) in [5.41, 5.74) is 3.24. The largest absolute Gasteiger partial charge is 0.469 e. The molecule has 1 heterocycles. The number of aryl methyl sites for hydroxylation is 2. The van der Waals surface area contributed by atoms with Crippen molar-refractivity contribution in [2.75, 3.05) is 12.4 Å². The van der Waals surface area contributed by atoms with Gasteiger partial charge in [-0.15, -0.1) is 11.3 Å². The molecule has 4 nitrogen and oxygen atoms in total. The van der Waals surface area contributed by atoms with E-state index < -0.39 is 0 Å². The number of anilines is 2. The number of carbonyl (C=O) groups is 1. The minimum absolute atomic E-state index is 0.205. The number of nitrogens with one attached hydrogen (secondary N) is 1. The van der Waals surface area contributed by atoms with Gasteiger partial charge in [-0.05, 0) is 24.1 Å². The highest BCUT2D eigenvalue weighted by Crippen LogP contribution is 2.22. The minimum Gasteiger partial charge on any atom is -0.469 e. The van der Waals surface area contributed by atoms with E-state index in [4.69, 9.17) is 0 Å². The van der Waals surface area contributed by atoms with Crippen molar-refractivity contribution in [1.29, 1.82) is 0 Å². The molecule has 2 rings (SSSR count). The van der Waals surface area contributed by atoms with E-state index in [0.29, 0.717) is 12.8 Å². The Labute approximate surface area is 122 Å². The van der Waals surface area contributed by atoms with Crippen LogP contribution in [-0.2, 0) is 22.4 Å². The summed E-state index contributed by atoms with van der Waals surface area (Å²) in [6, 6.07) is 8.28. The molecule has 0 spiro atoms. The molecule has 0 aliphatic rings. The molecule has 5 heteroatoms. The van der Waals surface area contributed by atoms with Gasteiger partial charge in [0.15, 0.2) is 5.13 Å². The van der Waals surface area contributed by atoms with Crippen LogP contribution >= 0.6 is 11.3 Å². The topological polar surface area (TPSA) is 51.2 Å². The van der Waals surface area contributed by atoms with Crippen molar-refractivity contribution >= 4 is 28.1 Å². The first-order chi connectivity index (χ1) is 9.71. The zero-order valence-corrected chi connectivity index (χ0v) is 12.5. The van der Waals surface area contributed by atoms with Crippen LogP contribution in [0.4, 0.5) is 10.8 Å². The Morgan fingerprint density at radius 3 is 3.05 bits per heavy atom. The quantitative estimate of drug-likeness (QED) is 0.827. The van der Waals surface area contributed by atoms with E-state index in [1.165, 1.54) is 12.7 Å². The first-order valence-corrected chi connectivity index (χ1v) is 7.46. The zero-order chi connectivity index (χ0) is 14.4. The number of methoxy groups -OCH3 is 1. The van der Waals surface area contributed by atoms with Gasteiger partial charge in [0.05, 0.1) is 19.2 Å². The Morgan fingerprint density at radius 1 is 1.45 bits per heavy atom. The van der Waals surface area contributed by atoms with E-state index in [1.54, 1.807) is 11.3 Å². The second-order valence-corrected chi connectivity index (χ2v) is 5.26. The van der Waals surface area contributed by atoms with E-state index in [9.17, 15) is 4.79 Å². The Kier molecular flexibility index (Phi) is 5.12. The number of hydrogen-bond acceptors (Lipinski definition) is 5. The van der Waals surface area contributed by atoms with Gasteiger partial charge in [0.25, 0.3) is 0 Å². The lowest BCUT2D eigenvalue weighted by Gasteiger charge is -2.04. The van der Waals surface area contributed by atoms with Gasteiger partial charge in [-0.1, -0.05) is 19.1 Å². The lowest BCUT2D eigenvalue weighted by Crippen LogP contribution is -2.02. The molecular weight excluding hydrogens is 272 g/mol. The van der Waals surface area contributed by atoms with Crippen LogP contribution in [0, 0.1) is 0 Å². The molecule has 0 aliphatic heterocycles. The summed E-state index contributed by atoms with van der Waals surface area (Å²) in [7, 11) is 1.40. The van der Waals surface area contributed by atoms with Gasteiger partial charge >= 0.3 is 5.97 Å². The fourth-order valence-electron chi connectivity index (χ4n) is 1.80. The molecule has 1 N–H and O–H groups in total. The highest BCUT2D eigenvalue weighted by Gasteiger charge is 2.06. The lowest BCUT2D eigenvalue weighted by atomic mass is 10.1. The molecule has 0 amide bonds. The molecule has 0 unspecified atom stereocenters. The molecule has 106 valence electrons. The summed E-state index contributed by atoms with van der Waals surface area (Å²) >= 11 is 1.54. The number of ether oxygens (including phenoxy) is 1. The molecule has 20 heavy (non-hydrogen) atoms. The summed E-state index contributed by atoms with van der Waals surface area (Å²) in [5, 5.41) is 6.10. The third kappa shape index (κ3) is 4.06. The van der Waals surface area contributed by atoms with Crippen LogP contribution in [0.2, 0.25) is 0 Å².